The molecule has 4 nitrogen and oxygen atoms in total. The largest absolute Gasteiger partial charge is 0.297 e. The number of halogens is 3. The molecule has 1 N–H and O–H groups in total. The summed E-state index contributed by atoms with van der Waals surface area (Å²) in [6.45, 7) is 0. The topological polar surface area (TPSA) is 65.8 Å². The Balaban J connectivity index is 1.71. The van der Waals surface area contributed by atoms with Crippen molar-refractivity contribution in [3.63, 3.8) is 0 Å². The second kappa shape index (κ2) is 9.22. The SMILES string of the molecule is N#C/C(=C\c1ccc(Cl)cc1)C(=O)Nc1ncc(Cc2cc(Cl)ccc2Cl)s1. The minimum absolute atomic E-state index is 0.0306. The van der Waals surface area contributed by atoms with Gasteiger partial charge in [-0.3, -0.25) is 10.1 Å². The number of carbonyl (C=O) groups excluding carboxylic acids is 1. The van der Waals surface area contributed by atoms with Gasteiger partial charge in [-0.15, -0.1) is 11.3 Å². The predicted octanol–water partition coefficient (Wildman–Crippen LogP) is 6.24. The first kappa shape index (κ1) is 20.4. The lowest BCUT2D eigenvalue weighted by Crippen LogP contribution is -2.13. The predicted molar refractivity (Wildman–Crippen MR) is 115 cm³/mol. The highest BCUT2D eigenvalue weighted by Crippen LogP contribution is 2.27. The van der Waals surface area contributed by atoms with E-state index in [0.29, 0.717) is 32.2 Å². The van der Waals surface area contributed by atoms with E-state index in [-0.39, 0.29) is 5.57 Å². The van der Waals surface area contributed by atoms with Gasteiger partial charge in [0.25, 0.3) is 5.91 Å². The Labute approximate surface area is 181 Å². The van der Waals surface area contributed by atoms with E-state index in [2.05, 4.69) is 10.3 Å². The zero-order chi connectivity index (χ0) is 20.1. The molecule has 0 radical (unpaired) electrons. The molecule has 0 fully saturated rings. The van der Waals surface area contributed by atoms with Crippen molar-refractivity contribution in [3.05, 3.63) is 85.3 Å². The summed E-state index contributed by atoms with van der Waals surface area (Å²) in [5, 5.41) is 14.1. The van der Waals surface area contributed by atoms with Gasteiger partial charge >= 0.3 is 0 Å². The molecule has 1 heterocycles. The van der Waals surface area contributed by atoms with E-state index < -0.39 is 5.91 Å². The highest BCUT2D eigenvalue weighted by atomic mass is 35.5. The van der Waals surface area contributed by atoms with Crippen molar-refractivity contribution in [2.24, 2.45) is 0 Å². The normalized spacial score (nSPS) is 11.1. The van der Waals surface area contributed by atoms with Crippen molar-refractivity contribution in [1.82, 2.24) is 4.98 Å². The second-order valence-electron chi connectivity index (χ2n) is 5.72. The summed E-state index contributed by atoms with van der Waals surface area (Å²) >= 11 is 19.4. The van der Waals surface area contributed by atoms with E-state index >= 15 is 0 Å². The van der Waals surface area contributed by atoms with E-state index in [9.17, 15) is 10.1 Å². The third-order valence-corrected chi connectivity index (χ3v) is 5.46. The molecule has 3 aromatic rings. The first-order valence-electron chi connectivity index (χ1n) is 8.02. The van der Waals surface area contributed by atoms with E-state index in [4.69, 9.17) is 34.8 Å². The zero-order valence-electron chi connectivity index (χ0n) is 14.2. The lowest BCUT2D eigenvalue weighted by Gasteiger charge is -2.03. The van der Waals surface area contributed by atoms with Gasteiger partial charge in [0, 0.05) is 32.6 Å². The molecule has 0 saturated carbocycles. The van der Waals surface area contributed by atoms with Crippen molar-refractivity contribution >= 4 is 63.3 Å². The Hall–Kier alpha value is -2.36. The smallest absolute Gasteiger partial charge is 0.268 e. The maximum absolute atomic E-state index is 12.4. The van der Waals surface area contributed by atoms with E-state index in [1.807, 2.05) is 6.07 Å². The molecule has 3 rings (SSSR count). The van der Waals surface area contributed by atoms with Crippen molar-refractivity contribution in [2.45, 2.75) is 6.42 Å². The summed E-state index contributed by atoms with van der Waals surface area (Å²) in [7, 11) is 0. The molecule has 0 bridgehead atoms. The fraction of sp³-hybridized carbons (Fsp3) is 0.0500. The minimum atomic E-state index is -0.529. The quantitative estimate of drug-likeness (QED) is 0.371. The third-order valence-electron chi connectivity index (χ3n) is 3.69. The number of nitrogens with one attached hydrogen (secondary N) is 1. The number of thiazole rings is 1. The van der Waals surface area contributed by atoms with Crippen LogP contribution in [-0.2, 0) is 11.2 Å². The Morgan fingerprint density at radius 2 is 1.86 bits per heavy atom. The molecule has 8 heteroatoms. The number of anilines is 1. The van der Waals surface area contributed by atoms with Crippen LogP contribution in [0.2, 0.25) is 15.1 Å². The van der Waals surface area contributed by atoms with Crippen LogP contribution in [0.25, 0.3) is 6.08 Å². The third kappa shape index (κ3) is 5.34. The van der Waals surface area contributed by atoms with Gasteiger partial charge in [-0.25, -0.2) is 4.98 Å². The van der Waals surface area contributed by atoms with Crippen molar-refractivity contribution < 1.29 is 4.79 Å². The standard InChI is InChI=1S/C20H12Cl3N3OS/c21-15-3-1-12(2-4-15)7-14(10-24)19(27)26-20-25-11-17(28-20)9-13-8-16(22)5-6-18(13)23/h1-8,11H,9H2,(H,25,26,27)/b14-7+. The van der Waals surface area contributed by atoms with Crippen LogP contribution in [-0.4, -0.2) is 10.9 Å². The van der Waals surface area contributed by atoms with E-state index in [1.165, 1.54) is 17.4 Å². The minimum Gasteiger partial charge on any atom is -0.297 e. The molecule has 0 saturated heterocycles. The number of nitriles is 1. The summed E-state index contributed by atoms with van der Waals surface area (Å²) in [5.41, 5.74) is 1.54. The van der Waals surface area contributed by atoms with Crippen LogP contribution in [0.15, 0.2) is 54.2 Å². The number of carbonyl (C=O) groups is 1. The van der Waals surface area contributed by atoms with Gasteiger partial charge in [-0.2, -0.15) is 5.26 Å². The van der Waals surface area contributed by atoms with Crippen LogP contribution >= 0.6 is 46.1 Å². The number of rotatable bonds is 5. The lowest BCUT2D eigenvalue weighted by atomic mass is 10.1. The number of hydrogen-bond donors (Lipinski definition) is 1. The number of amides is 1. The molecule has 28 heavy (non-hydrogen) atoms. The Morgan fingerprint density at radius 3 is 2.57 bits per heavy atom. The molecule has 0 aliphatic heterocycles. The fourth-order valence-electron chi connectivity index (χ4n) is 2.35. The number of aromatic nitrogens is 1. The van der Waals surface area contributed by atoms with Crippen LogP contribution in [0.1, 0.15) is 16.0 Å². The Kier molecular flexibility index (Phi) is 6.71. The van der Waals surface area contributed by atoms with Gasteiger partial charge in [0.05, 0.1) is 0 Å². The summed E-state index contributed by atoms with van der Waals surface area (Å²) in [5.74, 6) is -0.529. The summed E-state index contributed by atoms with van der Waals surface area (Å²) in [6.07, 6.45) is 3.69. The Bertz CT molecular complexity index is 1080. The van der Waals surface area contributed by atoms with Gasteiger partial charge in [0.2, 0.25) is 0 Å². The molecular weight excluding hydrogens is 437 g/mol. The number of hydrogen-bond acceptors (Lipinski definition) is 4. The van der Waals surface area contributed by atoms with Crippen molar-refractivity contribution in [2.75, 3.05) is 5.32 Å². The summed E-state index contributed by atoms with van der Waals surface area (Å²) < 4.78 is 0. The average Bonchev–Trinajstić information content (AvgIpc) is 3.11. The van der Waals surface area contributed by atoms with Gasteiger partial charge in [-0.05, 0) is 47.5 Å². The highest BCUT2D eigenvalue weighted by molar-refractivity contribution is 7.15. The maximum atomic E-state index is 12.4. The average molecular weight is 449 g/mol. The van der Waals surface area contributed by atoms with Crippen LogP contribution < -0.4 is 5.32 Å². The van der Waals surface area contributed by atoms with Crippen molar-refractivity contribution in [1.29, 1.82) is 5.26 Å². The van der Waals surface area contributed by atoms with Gasteiger partial charge in [-0.1, -0.05) is 46.9 Å². The maximum Gasteiger partial charge on any atom is 0.268 e. The number of benzene rings is 2. The van der Waals surface area contributed by atoms with Crippen LogP contribution in [0, 0.1) is 11.3 Å². The molecule has 0 atom stereocenters. The van der Waals surface area contributed by atoms with Crippen LogP contribution in [0.5, 0.6) is 0 Å². The van der Waals surface area contributed by atoms with E-state index in [1.54, 1.807) is 48.7 Å². The number of nitrogens with zero attached hydrogens (tertiary/aromatic N) is 2. The molecular formula is C20H12Cl3N3OS. The molecule has 0 aliphatic rings. The van der Waals surface area contributed by atoms with Gasteiger partial charge in [0.1, 0.15) is 11.6 Å². The van der Waals surface area contributed by atoms with Crippen molar-refractivity contribution in [3.8, 4) is 6.07 Å². The second-order valence-corrected chi connectivity index (χ2v) is 8.11. The first-order valence-corrected chi connectivity index (χ1v) is 9.97. The zero-order valence-corrected chi connectivity index (χ0v) is 17.3. The van der Waals surface area contributed by atoms with Crippen LogP contribution in [0.4, 0.5) is 5.13 Å². The molecule has 2 aromatic carbocycles. The molecule has 1 amide bonds. The van der Waals surface area contributed by atoms with Gasteiger partial charge < -0.3 is 0 Å². The Morgan fingerprint density at radius 1 is 1.14 bits per heavy atom. The molecule has 0 unspecified atom stereocenters. The summed E-state index contributed by atoms with van der Waals surface area (Å²) in [4.78, 5) is 17.5. The monoisotopic (exact) mass is 447 g/mol. The molecule has 0 aliphatic carbocycles. The van der Waals surface area contributed by atoms with Gasteiger partial charge in [0.15, 0.2) is 5.13 Å². The summed E-state index contributed by atoms with van der Waals surface area (Å²) in [6, 6.07) is 14.0. The highest BCUT2D eigenvalue weighted by Gasteiger charge is 2.13. The molecule has 0 spiro atoms. The van der Waals surface area contributed by atoms with Crippen LogP contribution in [0.3, 0.4) is 0 Å². The fourth-order valence-corrected chi connectivity index (χ4v) is 3.69. The van der Waals surface area contributed by atoms with E-state index in [0.717, 1.165) is 10.4 Å². The first-order chi connectivity index (χ1) is 13.4. The lowest BCUT2D eigenvalue weighted by molar-refractivity contribution is -0.112. The molecule has 1 aromatic heterocycles. The molecule has 140 valence electrons.